The molecule has 0 heterocycles. The van der Waals surface area contributed by atoms with Crippen molar-refractivity contribution in [3.05, 3.63) is 35.9 Å². The standard InChI is InChI=1S/C19H27F3N2O3S/c1-4-7-14-23(15-19(20,21)22)18(25)13-10-16-8-11-17(12-9-16)28(26,27)24(5-2)6-3/h8-13H,4-7,14-15H2,1-3H3/b13-10+. The Morgan fingerprint density at radius 3 is 2.11 bits per heavy atom. The first-order valence-corrected chi connectivity index (χ1v) is 10.6. The van der Waals surface area contributed by atoms with Crippen LogP contribution in [0, 0.1) is 0 Å². The number of unbranched alkanes of at least 4 members (excludes halogenated alkanes) is 1. The average molecular weight is 420 g/mol. The molecule has 0 fully saturated rings. The topological polar surface area (TPSA) is 57.7 Å². The minimum absolute atomic E-state index is 0.0280. The Morgan fingerprint density at radius 1 is 1.07 bits per heavy atom. The predicted molar refractivity (Wildman–Crippen MR) is 103 cm³/mol. The third-order valence-electron chi connectivity index (χ3n) is 4.11. The quantitative estimate of drug-likeness (QED) is 0.539. The van der Waals surface area contributed by atoms with Crippen LogP contribution in [0.25, 0.3) is 6.08 Å². The maximum atomic E-state index is 12.7. The normalized spacial score (nSPS) is 12.7. The zero-order valence-electron chi connectivity index (χ0n) is 16.4. The molecule has 0 radical (unpaired) electrons. The number of alkyl halides is 3. The first-order valence-electron chi connectivity index (χ1n) is 9.19. The van der Waals surface area contributed by atoms with Gasteiger partial charge < -0.3 is 4.90 Å². The number of hydrogen-bond acceptors (Lipinski definition) is 3. The van der Waals surface area contributed by atoms with Gasteiger partial charge in [-0.15, -0.1) is 0 Å². The number of rotatable bonds is 10. The Hall–Kier alpha value is -1.87. The first-order chi connectivity index (χ1) is 13.0. The van der Waals surface area contributed by atoms with Crippen molar-refractivity contribution in [2.75, 3.05) is 26.2 Å². The maximum absolute atomic E-state index is 12.7. The van der Waals surface area contributed by atoms with Crippen LogP contribution in [0.5, 0.6) is 0 Å². The van der Waals surface area contributed by atoms with Gasteiger partial charge in [0, 0.05) is 25.7 Å². The van der Waals surface area contributed by atoms with Gasteiger partial charge in [-0.3, -0.25) is 4.79 Å². The van der Waals surface area contributed by atoms with Gasteiger partial charge in [0.25, 0.3) is 0 Å². The van der Waals surface area contributed by atoms with E-state index in [0.29, 0.717) is 31.5 Å². The molecule has 0 saturated carbocycles. The first kappa shape index (κ1) is 24.2. The monoisotopic (exact) mass is 420 g/mol. The van der Waals surface area contributed by atoms with E-state index < -0.39 is 28.7 Å². The van der Waals surface area contributed by atoms with Crippen LogP contribution in [0.15, 0.2) is 35.2 Å². The van der Waals surface area contributed by atoms with Gasteiger partial charge in [0.2, 0.25) is 15.9 Å². The molecule has 5 nitrogen and oxygen atoms in total. The summed E-state index contributed by atoms with van der Waals surface area (Å²) in [5.41, 5.74) is 0.522. The molecule has 0 atom stereocenters. The molecule has 158 valence electrons. The number of hydrogen-bond donors (Lipinski definition) is 0. The van der Waals surface area contributed by atoms with Crippen molar-refractivity contribution < 1.29 is 26.4 Å². The van der Waals surface area contributed by atoms with Gasteiger partial charge in [0.1, 0.15) is 6.54 Å². The zero-order valence-corrected chi connectivity index (χ0v) is 17.2. The van der Waals surface area contributed by atoms with E-state index in [1.165, 1.54) is 34.6 Å². The molecule has 0 aliphatic heterocycles. The molecule has 1 aromatic carbocycles. The lowest BCUT2D eigenvalue weighted by molar-refractivity contribution is -0.158. The summed E-state index contributed by atoms with van der Waals surface area (Å²) in [6.07, 6.45) is -0.847. The minimum atomic E-state index is -4.46. The van der Waals surface area contributed by atoms with Crippen LogP contribution in [0.3, 0.4) is 0 Å². The molecule has 0 aliphatic rings. The number of sulfonamides is 1. The number of amides is 1. The Labute approximate surface area is 164 Å². The molecule has 0 aromatic heterocycles. The summed E-state index contributed by atoms with van der Waals surface area (Å²) in [5, 5.41) is 0. The predicted octanol–water partition coefficient (Wildman–Crippen LogP) is 3.92. The number of carbonyl (C=O) groups excluding carboxylic acids is 1. The highest BCUT2D eigenvalue weighted by Crippen LogP contribution is 2.19. The molecule has 28 heavy (non-hydrogen) atoms. The summed E-state index contributed by atoms with van der Waals surface area (Å²) < 4.78 is 64.2. The van der Waals surface area contributed by atoms with Gasteiger partial charge in [-0.05, 0) is 30.2 Å². The van der Waals surface area contributed by atoms with Crippen molar-refractivity contribution >= 4 is 22.0 Å². The Morgan fingerprint density at radius 2 is 1.64 bits per heavy atom. The summed E-state index contributed by atoms with van der Waals surface area (Å²) in [7, 11) is -3.58. The molecule has 1 rings (SSSR count). The highest BCUT2D eigenvalue weighted by Gasteiger charge is 2.32. The lowest BCUT2D eigenvalue weighted by Crippen LogP contribution is -2.38. The number of halogens is 3. The third kappa shape index (κ3) is 7.27. The van der Waals surface area contributed by atoms with E-state index in [0.717, 1.165) is 11.0 Å². The van der Waals surface area contributed by atoms with Crippen molar-refractivity contribution in [2.24, 2.45) is 0 Å². The molecule has 9 heteroatoms. The molecule has 1 amide bonds. The van der Waals surface area contributed by atoms with Crippen molar-refractivity contribution in [3.63, 3.8) is 0 Å². The summed E-state index contributed by atoms with van der Waals surface area (Å²) in [6, 6.07) is 5.87. The van der Waals surface area contributed by atoms with E-state index in [9.17, 15) is 26.4 Å². The van der Waals surface area contributed by atoms with Crippen molar-refractivity contribution in [1.82, 2.24) is 9.21 Å². The second-order valence-electron chi connectivity index (χ2n) is 6.22. The van der Waals surface area contributed by atoms with Gasteiger partial charge in [-0.25, -0.2) is 8.42 Å². The smallest absolute Gasteiger partial charge is 0.330 e. The molecule has 0 aliphatic carbocycles. The van der Waals surface area contributed by atoms with E-state index in [1.807, 2.05) is 6.92 Å². The van der Waals surface area contributed by atoms with E-state index >= 15 is 0 Å². The highest BCUT2D eigenvalue weighted by atomic mass is 32.2. The van der Waals surface area contributed by atoms with Crippen LogP contribution < -0.4 is 0 Å². The molecule has 0 saturated heterocycles. The van der Waals surface area contributed by atoms with E-state index in [1.54, 1.807) is 13.8 Å². The number of nitrogens with zero attached hydrogens (tertiary/aromatic N) is 2. The summed E-state index contributed by atoms with van der Waals surface area (Å²) in [5.74, 6) is -0.731. The molecule has 0 spiro atoms. The van der Waals surface area contributed by atoms with Crippen molar-refractivity contribution in [3.8, 4) is 0 Å². The van der Waals surface area contributed by atoms with Crippen LogP contribution in [-0.2, 0) is 14.8 Å². The molecular weight excluding hydrogens is 393 g/mol. The second-order valence-corrected chi connectivity index (χ2v) is 8.16. The van der Waals surface area contributed by atoms with Crippen LogP contribution in [0.1, 0.15) is 39.2 Å². The fraction of sp³-hybridized carbons (Fsp3) is 0.526. The van der Waals surface area contributed by atoms with Gasteiger partial charge in [0.15, 0.2) is 0 Å². The Balaban J connectivity index is 2.92. The average Bonchev–Trinajstić information content (AvgIpc) is 2.63. The largest absolute Gasteiger partial charge is 0.406 e. The van der Waals surface area contributed by atoms with E-state index in [2.05, 4.69) is 0 Å². The van der Waals surface area contributed by atoms with Gasteiger partial charge in [-0.1, -0.05) is 39.3 Å². The fourth-order valence-corrected chi connectivity index (χ4v) is 4.03. The maximum Gasteiger partial charge on any atom is 0.406 e. The van der Waals surface area contributed by atoms with Gasteiger partial charge >= 0.3 is 6.18 Å². The third-order valence-corrected chi connectivity index (χ3v) is 6.17. The molecule has 0 unspecified atom stereocenters. The van der Waals surface area contributed by atoms with Crippen LogP contribution in [0.2, 0.25) is 0 Å². The fourth-order valence-electron chi connectivity index (χ4n) is 2.57. The summed E-state index contributed by atoms with van der Waals surface area (Å²) >= 11 is 0. The summed E-state index contributed by atoms with van der Waals surface area (Å²) in [4.78, 5) is 13.0. The van der Waals surface area contributed by atoms with Crippen LogP contribution in [0.4, 0.5) is 13.2 Å². The lowest BCUT2D eigenvalue weighted by Gasteiger charge is -2.22. The zero-order chi connectivity index (χ0) is 21.4. The molecule has 0 N–H and O–H groups in total. The Kier molecular flexibility index (Phi) is 9.16. The highest BCUT2D eigenvalue weighted by molar-refractivity contribution is 7.89. The van der Waals surface area contributed by atoms with Crippen molar-refractivity contribution in [2.45, 2.75) is 44.7 Å². The van der Waals surface area contributed by atoms with E-state index in [4.69, 9.17) is 0 Å². The lowest BCUT2D eigenvalue weighted by atomic mass is 10.2. The van der Waals surface area contributed by atoms with Gasteiger partial charge in [0.05, 0.1) is 4.90 Å². The SMILES string of the molecule is CCCCN(CC(F)(F)F)C(=O)/C=C/c1ccc(S(=O)(=O)N(CC)CC)cc1. The Bertz CT molecular complexity index is 756. The van der Waals surface area contributed by atoms with Crippen LogP contribution >= 0.6 is 0 Å². The molecule has 0 bridgehead atoms. The number of benzene rings is 1. The summed E-state index contributed by atoms with van der Waals surface area (Å²) in [6.45, 7) is 4.75. The van der Waals surface area contributed by atoms with Gasteiger partial charge in [-0.2, -0.15) is 17.5 Å². The number of carbonyl (C=O) groups is 1. The second kappa shape index (κ2) is 10.6. The van der Waals surface area contributed by atoms with E-state index in [-0.39, 0.29) is 11.4 Å². The molecule has 1 aromatic rings. The van der Waals surface area contributed by atoms with Crippen molar-refractivity contribution in [1.29, 1.82) is 0 Å². The van der Waals surface area contributed by atoms with Crippen LogP contribution in [-0.4, -0.2) is 55.9 Å². The molecular formula is C19H27F3N2O3S. The minimum Gasteiger partial charge on any atom is -0.330 e.